The Labute approximate surface area is 123 Å². The standard InChI is InChI=1S/C15H22BrFN2/c1-3-5-12-10-19(7-4-6-18-12)15-9-14(17)13(16)8-11(15)2/h8-9,12,18H,3-7,10H2,1-2H3. The highest BCUT2D eigenvalue weighted by Crippen LogP contribution is 2.28. The Bertz CT molecular complexity index is 436. The average Bonchev–Trinajstić information content (AvgIpc) is 2.60. The zero-order chi connectivity index (χ0) is 13.8. The molecule has 1 aromatic carbocycles. The van der Waals surface area contributed by atoms with Crippen LogP contribution in [0.2, 0.25) is 0 Å². The Kier molecular flexibility index (Phi) is 5.22. The number of rotatable bonds is 3. The van der Waals surface area contributed by atoms with E-state index in [0.29, 0.717) is 10.5 Å². The van der Waals surface area contributed by atoms with Gasteiger partial charge in [0.15, 0.2) is 0 Å². The van der Waals surface area contributed by atoms with Crippen molar-refractivity contribution in [2.45, 2.75) is 39.2 Å². The Morgan fingerprint density at radius 1 is 1.47 bits per heavy atom. The largest absolute Gasteiger partial charge is 0.370 e. The average molecular weight is 329 g/mol. The molecule has 1 saturated heterocycles. The Hall–Kier alpha value is -0.610. The van der Waals surface area contributed by atoms with E-state index in [1.807, 2.05) is 13.0 Å². The molecule has 0 bridgehead atoms. The van der Waals surface area contributed by atoms with Crippen LogP contribution in [0.1, 0.15) is 31.7 Å². The van der Waals surface area contributed by atoms with E-state index >= 15 is 0 Å². The van der Waals surface area contributed by atoms with Crippen LogP contribution in [0.15, 0.2) is 16.6 Å². The number of nitrogens with one attached hydrogen (secondary N) is 1. The number of aryl methyl sites for hydroxylation is 1. The van der Waals surface area contributed by atoms with E-state index in [2.05, 4.69) is 33.1 Å². The van der Waals surface area contributed by atoms with E-state index in [9.17, 15) is 4.39 Å². The van der Waals surface area contributed by atoms with Crippen LogP contribution in [0.5, 0.6) is 0 Å². The lowest BCUT2D eigenvalue weighted by molar-refractivity contribution is 0.502. The molecular weight excluding hydrogens is 307 g/mol. The van der Waals surface area contributed by atoms with Crippen LogP contribution in [0.3, 0.4) is 0 Å². The Balaban J connectivity index is 2.21. The molecular formula is C15H22BrFN2. The van der Waals surface area contributed by atoms with Gasteiger partial charge in [0.25, 0.3) is 0 Å². The molecule has 0 spiro atoms. The van der Waals surface area contributed by atoms with Crippen LogP contribution < -0.4 is 10.2 Å². The van der Waals surface area contributed by atoms with Crippen molar-refractivity contribution in [3.8, 4) is 0 Å². The van der Waals surface area contributed by atoms with E-state index in [4.69, 9.17) is 0 Å². The molecule has 0 radical (unpaired) electrons. The fourth-order valence-corrected chi connectivity index (χ4v) is 3.19. The van der Waals surface area contributed by atoms with Crippen LogP contribution in [0, 0.1) is 12.7 Å². The number of hydrogen-bond donors (Lipinski definition) is 1. The fraction of sp³-hybridized carbons (Fsp3) is 0.600. The van der Waals surface area contributed by atoms with E-state index < -0.39 is 0 Å². The lowest BCUT2D eigenvalue weighted by Gasteiger charge is -2.28. The molecule has 1 unspecified atom stereocenters. The van der Waals surface area contributed by atoms with Gasteiger partial charge in [-0.25, -0.2) is 4.39 Å². The minimum Gasteiger partial charge on any atom is -0.370 e. The van der Waals surface area contributed by atoms with Crippen molar-refractivity contribution in [2.24, 2.45) is 0 Å². The molecule has 106 valence electrons. The quantitative estimate of drug-likeness (QED) is 0.906. The molecule has 0 aromatic heterocycles. The van der Waals surface area contributed by atoms with Crippen molar-refractivity contribution in [3.63, 3.8) is 0 Å². The monoisotopic (exact) mass is 328 g/mol. The number of anilines is 1. The van der Waals surface area contributed by atoms with Crippen molar-refractivity contribution < 1.29 is 4.39 Å². The summed E-state index contributed by atoms with van der Waals surface area (Å²) in [5, 5.41) is 3.58. The van der Waals surface area contributed by atoms with Gasteiger partial charge in [0.05, 0.1) is 4.47 Å². The molecule has 0 amide bonds. The second-order valence-electron chi connectivity index (χ2n) is 5.29. The second kappa shape index (κ2) is 6.71. The van der Waals surface area contributed by atoms with E-state index in [1.165, 1.54) is 12.8 Å². The van der Waals surface area contributed by atoms with Crippen LogP contribution >= 0.6 is 15.9 Å². The Morgan fingerprint density at radius 3 is 3.00 bits per heavy atom. The van der Waals surface area contributed by atoms with Crippen LogP contribution in [0.4, 0.5) is 10.1 Å². The molecule has 2 nitrogen and oxygen atoms in total. The van der Waals surface area contributed by atoms with Gasteiger partial charge in [0.2, 0.25) is 0 Å². The summed E-state index contributed by atoms with van der Waals surface area (Å²) in [5.74, 6) is -0.176. The summed E-state index contributed by atoms with van der Waals surface area (Å²) in [5.41, 5.74) is 2.16. The van der Waals surface area contributed by atoms with Crippen LogP contribution in [-0.4, -0.2) is 25.7 Å². The topological polar surface area (TPSA) is 15.3 Å². The zero-order valence-corrected chi connectivity index (χ0v) is 13.3. The van der Waals surface area contributed by atoms with Gasteiger partial charge in [-0.15, -0.1) is 0 Å². The molecule has 1 heterocycles. The third-order valence-corrected chi connectivity index (χ3v) is 4.30. The van der Waals surface area contributed by atoms with Gasteiger partial charge in [0.1, 0.15) is 5.82 Å². The number of benzene rings is 1. The third kappa shape index (κ3) is 3.69. The highest BCUT2D eigenvalue weighted by molar-refractivity contribution is 9.10. The van der Waals surface area contributed by atoms with Gasteiger partial charge in [0, 0.05) is 24.8 Å². The van der Waals surface area contributed by atoms with E-state index in [1.54, 1.807) is 6.07 Å². The predicted molar refractivity (Wildman–Crippen MR) is 82.4 cm³/mol. The molecule has 4 heteroatoms. The minimum absolute atomic E-state index is 0.176. The molecule has 19 heavy (non-hydrogen) atoms. The van der Waals surface area contributed by atoms with Crippen LogP contribution in [-0.2, 0) is 0 Å². The first kappa shape index (κ1) is 14.8. The fourth-order valence-electron chi connectivity index (χ4n) is 2.74. The van der Waals surface area contributed by atoms with Crippen LogP contribution in [0.25, 0.3) is 0 Å². The summed E-state index contributed by atoms with van der Waals surface area (Å²) in [4.78, 5) is 2.32. The molecule has 1 aliphatic heterocycles. The van der Waals surface area contributed by atoms with Crippen molar-refractivity contribution in [1.29, 1.82) is 0 Å². The lowest BCUT2D eigenvalue weighted by atomic mass is 10.1. The van der Waals surface area contributed by atoms with Gasteiger partial charge in [-0.2, -0.15) is 0 Å². The van der Waals surface area contributed by atoms with Gasteiger partial charge in [-0.3, -0.25) is 0 Å². The van der Waals surface area contributed by atoms with Crippen molar-refractivity contribution in [1.82, 2.24) is 5.32 Å². The van der Waals surface area contributed by atoms with Crippen molar-refractivity contribution >= 4 is 21.6 Å². The summed E-state index contributed by atoms with van der Waals surface area (Å²) in [6.07, 6.45) is 3.46. The maximum atomic E-state index is 13.8. The molecule has 1 atom stereocenters. The normalized spacial score (nSPS) is 20.4. The highest BCUT2D eigenvalue weighted by Gasteiger charge is 2.19. The first-order valence-electron chi connectivity index (χ1n) is 7.05. The Morgan fingerprint density at radius 2 is 2.26 bits per heavy atom. The summed E-state index contributed by atoms with van der Waals surface area (Å²) in [7, 11) is 0. The van der Waals surface area contributed by atoms with Gasteiger partial charge < -0.3 is 10.2 Å². The second-order valence-corrected chi connectivity index (χ2v) is 6.15. The molecule has 1 aromatic rings. The van der Waals surface area contributed by atoms with Gasteiger partial charge in [-0.05, 0) is 59.9 Å². The molecule has 0 saturated carbocycles. The minimum atomic E-state index is -0.176. The summed E-state index contributed by atoms with van der Waals surface area (Å²) >= 11 is 3.25. The number of hydrogen-bond acceptors (Lipinski definition) is 2. The zero-order valence-electron chi connectivity index (χ0n) is 11.7. The molecule has 1 fully saturated rings. The molecule has 1 N–H and O–H groups in total. The van der Waals surface area contributed by atoms with E-state index in [-0.39, 0.29) is 5.82 Å². The van der Waals surface area contributed by atoms with Gasteiger partial charge >= 0.3 is 0 Å². The van der Waals surface area contributed by atoms with Gasteiger partial charge in [-0.1, -0.05) is 13.3 Å². The molecule has 1 aliphatic rings. The third-order valence-electron chi connectivity index (χ3n) is 3.70. The first-order chi connectivity index (χ1) is 9.11. The smallest absolute Gasteiger partial charge is 0.139 e. The van der Waals surface area contributed by atoms with Crippen molar-refractivity contribution in [3.05, 3.63) is 28.0 Å². The lowest BCUT2D eigenvalue weighted by Crippen LogP contribution is -2.37. The molecule has 0 aliphatic carbocycles. The number of halogens is 2. The maximum absolute atomic E-state index is 13.8. The summed E-state index contributed by atoms with van der Waals surface area (Å²) in [6, 6.07) is 4.05. The summed E-state index contributed by atoms with van der Waals surface area (Å²) in [6.45, 7) is 7.28. The van der Waals surface area contributed by atoms with E-state index in [0.717, 1.165) is 37.3 Å². The maximum Gasteiger partial charge on any atom is 0.139 e. The first-order valence-corrected chi connectivity index (χ1v) is 7.85. The predicted octanol–water partition coefficient (Wildman–Crippen LogP) is 3.87. The molecule has 2 rings (SSSR count). The highest BCUT2D eigenvalue weighted by atomic mass is 79.9. The SMILES string of the molecule is CCCC1CN(c2cc(F)c(Br)cc2C)CCCN1. The van der Waals surface area contributed by atoms with Crippen molar-refractivity contribution in [2.75, 3.05) is 24.5 Å². The number of nitrogens with zero attached hydrogens (tertiary/aromatic N) is 1. The summed E-state index contributed by atoms with van der Waals surface area (Å²) < 4.78 is 14.3.